The van der Waals surface area contributed by atoms with E-state index in [1.807, 2.05) is 48.5 Å². The predicted octanol–water partition coefficient (Wildman–Crippen LogP) is 5.80. The lowest BCUT2D eigenvalue weighted by Crippen LogP contribution is -2.28. The highest BCUT2D eigenvalue weighted by Gasteiger charge is 2.10. The fraction of sp³-hybridized carbons (Fsp3) is 0.0455. The van der Waals surface area contributed by atoms with E-state index in [2.05, 4.69) is 20.6 Å². The summed E-state index contributed by atoms with van der Waals surface area (Å²) in [5.41, 5.74) is 4.17. The van der Waals surface area contributed by atoms with Crippen LogP contribution < -0.4 is 10.6 Å². The second kappa shape index (κ2) is 8.83. The Morgan fingerprint density at radius 3 is 2.40 bits per heavy atom. The Labute approximate surface area is 188 Å². The Morgan fingerprint density at radius 1 is 0.933 bits per heavy atom. The number of nitrogens with one attached hydrogen (secondary N) is 2. The molecule has 0 amide bonds. The lowest BCUT2D eigenvalue weighted by molar-refractivity contribution is 0.476. The second-order valence-corrected chi connectivity index (χ2v) is 7.76. The first-order chi connectivity index (χ1) is 14.5. The lowest BCUT2D eigenvalue weighted by atomic mass is 10.0. The molecular formula is C22H16Cl2N4OS. The van der Waals surface area contributed by atoms with Crippen LogP contribution in [0.1, 0.15) is 5.56 Å². The molecule has 0 unspecified atom stereocenters. The maximum Gasteiger partial charge on any atom is 0.172 e. The van der Waals surface area contributed by atoms with E-state index in [4.69, 9.17) is 35.4 Å². The number of phenolic OH excluding ortho intramolecular Hbond substituents is 1. The molecule has 150 valence electrons. The van der Waals surface area contributed by atoms with E-state index >= 15 is 0 Å². The van der Waals surface area contributed by atoms with E-state index in [9.17, 15) is 5.11 Å². The molecule has 0 spiro atoms. The van der Waals surface area contributed by atoms with Crippen molar-refractivity contribution < 1.29 is 5.11 Å². The van der Waals surface area contributed by atoms with Crippen molar-refractivity contribution in [2.75, 3.05) is 5.32 Å². The number of nitrogens with zero attached hydrogens (tertiary/aromatic N) is 2. The minimum atomic E-state index is -0.134. The summed E-state index contributed by atoms with van der Waals surface area (Å²) in [6.07, 6.45) is 1.63. The molecule has 8 heteroatoms. The number of hydrogen-bond acceptors (Lipinski definition) is 4. The zero-order valence-electron chi connectivity index (χ0n) is 15.6. The summed E-state index contributed by atoms with van der Waals surface area (Å²) in [5.74, 6) is 0.401. The zero-order valence-corrected chi connectivity index (χ0v) is 17.9. The molecule has 3 aromatic carbocycles. The molecule has 0 saturated heterocycles. The highest BCUT2D eigenvalue weighted by molar-refractivity contribution is 7.80. The quantitative estimate of drug-likeness (QED) is 0.338. The Bertz CT molecular complexity index is 1210. The van der Waals surface area contributed by atoms with Crippen LogP contribution in [0.15, 0.2) is 66.9 Å². The van der Waals surface area contributed by atoms with Gasteiger partial charge in [-0.15, -0.1) is 0 Å². The van der Waals surface area contributed by atoms with Crippen LogP contribution in [0.3, 0.4) is 0 Å². The molecule has 1 aromatic heterocycles. The summed E-state index contributed by atoms with van der Waals surface area (Å²) in [7, 11) is 0. The van der Waals surface area contributed by atoms with E-state index in [1.54, 1.807) is 18.3 Å². The van der Waals surface area contributed by atoms with Crippen molar-refractivity contribution in [3.63, 3.8) is 0 Å². The maximum atomic E-state index is 9.77. The van der Waals surface area contributed by atoms with E-state index in [1.165, 1.54) is 0 Å². The van der Waals surface area contributed by atoms with Gasteiger partial charge in [0.15, 0.2) is 16.7 Å². The highest BCUT2D eigenvalue weighted by Crippen LogP contribution is 2.36. The average molecular weight is 455 g/mol. The van der Waals surface area contributed by atoms with Crippen molar-refractivity contribution >= 4 is 57.4 Å². The van der Waals surface area contributed by atoms with Gasteiger partial charge in [0.05, 0.1) is 27.3 Å². The molecule has 4 rings (SSSR count). The first-order valence-corrected chi connectivity index (χ1v) is 10.2. The predicted molar refractivity (Wildman–Crippen MR) is 126 cm³/mol. The van der Waals surface area contributed by atoms with Crippen LogP contribution in [0.4, 0.5) is 5.82 Å². The third-order valence-corrected chi connectivity index (χ3v) is 5.25. The molecule has 4 aromatic rings. The van der Waals surface area contributed by atoms with Crippen LogP contribution in [-0.2, 0) is 6.54 Å². The number of hydrogen-bond donors (Lipinski definition) is 3. The summed E-state index contributed by atoms with van der Waals surface area (Å²) < 4.78 is 0. The number of aromatic hydroxyl groups is 1. The van der Waals surface area contributed by atoms with Gasteiger partial charge in [0.1, 0.15) is 0 Å². The van der Waals surface area contributed by atoms with E-state index in [-0.39, 0.29) is 15.8 Å². The van der Waals surface area contributed by atoms with Crippen LogP contribution in [-0.4, -0.2) is 20.2 Å². The first kappa shape index (κ1) is 20.3. The third-order valence-electron chi connectivity index (χ3n) is 4.43. The van der Waals surface area contributed by atoms with Gasteiger partial charge in [-0.1, -0.05) is 59.6 Å². The average Bonchev–Trinajstić information content (AvgIpc) is 2.76. The van der Waals surface area contributed by atoms with Crippen LogP contribution in [0.25, 0.3) is 22.2 Å². The molecule has 0 aliphatic rings. The Kier molecular flexibility index (Phi) is 5.99. The summed E-state index contributed by atoms with van der Waals surface area (Å²) >= 11 is 17.5. The first-order valence-electron chi connectivity index (χ1n) is 9.03. The number of halogens is 2. The molecule has 0 fully saturated rings. The van der Waals surface area contributed by atoms with Crippen LogP contribution in [0.5, 0.6) is 5.75 Å². The molecule has 0 saturated carbocycles. The molecule has 0 atom stereocenters. The SMILES string of the molecule is Oc1c(Cl)cc(-c2ccc3ncc(NC(=S)NCc4ccccc4)nc3c2)cc1Cl. The van der Waals surface area contributed by atoms with Crippen molar-refractivity contribution in [2.24, 2.45) is 0 Å². The van der Waals surface area contributed by atoms with Gasteiger partial charge < -0.3 is 15.7 Å². The summed E-state index contributed by atoms with van der Waals surface area (Å²) in [5, 5.41) is 16.8. The lowest BCUT2D eigenvalue weighted by Gasteiger charge is -2.11. The van der Waals surface area contributed by atoms with Crippen LogP contribution in [0, 0.1) is 0 Å². The Balaban J connectivity index is 1.54. The standard InChI is InChI=1S/C22H16Cl2N4OS/c23-16-8-15(9-17(24)21(16)29)14-6-7-18-19(10-14)27-20(12-25-18)28-22(30)26-11-13-4-2-1-3-5-13/h1-10,12,29H,11H2,(H2,26,27,28,30). The van der Waals surface area contributed by atoms with E-state index in [0.717, 1.165) is 22.2 Å². The molecule has 0 bridgehead atoms. The van der Waals surface area contributed by atoms with Gasteiger partial charge in [0, 0.05) is 6.54 Å². The van der Waals surface area contributed by atoms with Crippen LogP contribution in [0.2, 0.25) is 10.0 Å². The minimum absolute atomic E-state index is 0.134. The Morgan fingerprint density at radius 2 is 1.67 bits per heavy atom. The van der Waals surface area contributed by atoms with Gasteiger partial charge in [-0.05, 0) is 53.2 Å². The molecule has 3 N–H and O–H groups in total. The third kappa shape index (κ3) is 4.62. The van der Waals surface area contributed by atoms with Crippen molar-refractivity contribution in [1.29, 1.82) is 0 Å². The molecule has 0 aliphatic heterocycles. The maximum absolute atomic E-state index is 9.77. The monoisotopic (exact) mass is 454 g/mol. The van der Waals surface area contributed by atoms with Gasteiger partial charge in [0.2, 0.25) is 0 Å². The van der Waals surface area contributed by atoms with E-state index in [0.29, 0.717) is 23.0 Å². The topological polar surface area (TPSA) is 70.1 Å². The summed E-state index contributed by atoms with van der Waals surface area (Å²) in [4.78, 5) is 9.03. The molecule has 0 radical (unpaired) electrons. The van der Waals surface area contributed by atoms with Crippen molar-refractivity contribution in [1.82, 2.24) is 15.3 Å². The van der Waals surface area contributed by atoms with Crippen molar-refractivity contribution in [3.05, 3.63) is 82.5 Å². The van der Waals surface area contributed by atoms with Gasteiger partial charge in [-0.3, -0.25) is 4.98 Å². The van der Waals surface area contributed by atoms with Crippen molar-refractivity contribution in [3.8, 4) is 16.9 Å². The van der Waals surface area contributed by atoms with Gasteiger partial charge in [0.25, 0.3) is 0 Å². The molecule has 5 nitrogen and oxygen atoms in total. The number of fused-ring (bicyclic) bond motifs is 1. The second-order valence-electron chi connectivity index (χ2n) is 6.54. The van der Waals surface area contributed by atoms with Gasteiger partial charge in [-0.2, -0.15) is 0 Å². The van der Waals surface area contributed by atoms with Crippen LogP contribution >= 0.6 is 35.4 Å². The normalized spacial score (nSPS) is 10.7. The minimum Gasteiger partial charge on any atom is -0.505 e. The van der Waals surface area contributed by atoms with E-state index < -0.39 is 0 Å². The number of phenols is 1. The fourth-order valence-electron chi connectivity index (χ4n) is 2.92. The molecule has 0 aliphatic carbocycles. The number of anilines is 1. The number of aromatic nitrogens is 2. The Hall–Kier alpha value is -2.93. The summed E-state index contributed by atoms with van der Waals surface area (Å²) in [6.45, 7) is 0.611. The smallest absolute Gasteiger partial charge is 0.172 e. The molecule has 30 heavy (non-hydrogen) atoms. The number of benzene rings is 3. The van der Waals surface area contributed by atoms with Gasteiger partial charge in [-0.25, -0.2) is 4.98 Å². The number of thiocarbonyl (C=S) groups is 1. The summed E-state index contributed by atoms with van der Waals surface area (Å²) in [6, 6.07) is 18.9. The van der Waals surface area contributed by atoms with Crippen molar-refractivity contribution in [2.45, 2.75) is 6.54 Å². The molecule has 1 heterocycles. The zero-order chi connectivity index (χ0) is 21.1. The largest absolute Gasteiger partial charge is 0.505 e. The highest BCUT2D eigenvalue weighted by atomic mass is 35.5. The fourth-order valence-corrected chi connectivity index (χ4v) is 3.59. The van der Waals surface area contributed by atoms with Gasteiger partial charge >= 0.3 is 0 Å². The molecular weight excluding hydrogens is 439 g/mol. The number of rotatable bonds is 4.